The van der Waals surface area contributed by atoms with Gasteiger partial charge in [0.25, 0.3) is 0 Å². The molecule has 0 saturated carbocycles. The summed E-state index contributed by atoms with van der Waals surface area (Å²) in [7, 11) is 0. The molecule has 6 heteroatoms. The van der Waals surface area contributed by atoms with E-state index in [9.17, 15) is 0 Å². The second kappa shape index (κ2) is 37.0. The van der Waals surface area contributed by atoms with Crippen LogP contribution in [0.5, 0.6) is 0 Å². The van der Waals surface area contributed by atoms with Crippen LogP contribution in [0.1, 0.15) is 22.3 Å². The first kappa shape index (κ1) is 77.9. The van der Waals surface area contributed by atoms with Gasteiger partial charge in [0, 0.05) is 0 Å². The van der Waals surface area contributed by atoms with E-state index in [-0.39, 0.29) is 24.8 Å². The second-order valence-corrected chi connectivity index (χ2v) is 38.9. The molecule has 528 valence electrons. The van der Waals surface area contributed by atoms with Gasteiger partial charge in [0.05, 0.1) is 0 Å². The summed E-state index contributed by atoms with van der Waals surface area (Å²) < 4.78 is 0. The van der Waals surface area contributed by atoms with Crippen LogP contribution in [0.15, 0.2) is 413 Å². The van der Waals surface area contributed by atoms with Crippen LogP contribution in [0.4, 0.5) is 0 Å². The molecule has 0 aromatic heterocycles. The molecule has 0 spiro atoms. The number of hydrogen-bond acceptors (Lipinski definition) is 0. The molecule has 20 aromatic rings. The Morgan fingerprint density at radius 1 is 0.182 bits per heavy atom. The second-order valence-electron chi connectivity index (χ2n) is 27.7. The van der Waals surface area contributed by atoms with Crippen molar-refractivity contribution in [1.29, 1.82) is 0 Å². The van der Waals surface area contributed by atoms with Crippen molar-refractivity contribution in [2.24, 2.45) is 0 Å². The minimum atomic E-state index is -0.455. The molecular formula is C104H80Cl2Si2Zr2-2. The van der Waals surface area contributed by atoms with Gasteiger partial charge in [-0.05, 0) is 65.3 Å². The summed E-state index contributed by atoms with van der Waals surface area (Å²) in [4.78, 5) is 0. The van der Waals surface area contributed by atoms with E-state index in [2.05, 4.69) is 440 Å². The first-order valence-electron chi connectivity index (χ1n) is 37.0. The van der Waals surface area contributed by atoms with E-state index in [0.717, 1.165) is 0 Å². The summed E-state index contributed by atoms with van der Waals surface area (Å²) >= 11 is 3.29. The van der Waals surface area contributed by atoms with E-state index in [1.165, 1.54) is 174 Å². The zero-order chi connectivity index (χ0) is 73.7. The maximum atomic E-state index is 2.28. The van der Waals surface area contributed by atoms with Crippen LogP contribution >= 0.6 is 0 Å². The monoisotopic (exact) mass is 1630 g/mol. The number of hydrogen-bond donors (Lipinski definition) is 0. The van der Waals surface area contributed by atoms with Gasteiger partial charge < -0.3 is 24.8 Å². The van der Waals surface area contributed by atoms with Gasteiger partial charge >= 0.3 is 200 Å². The number of halogens is 2. The number of aryl methyl sites for hydroxylation is 4. The summed E-state index contributed by atoms with van der Waals surface area (Å²) in [6.45, 7) is 8.64. The summed E-state index contributed by atoms with van der Waals surface area (Å²) in [5, 5.41) is 27.2. The standard InChI is InChI=1S/4C20H15.2C12H10Si.2ClH.2Zr/c4*1-14-12-16-8-5-11-19(20(16)13-14)18-10-4-7-15-6-2-3-9-17(15)18;2*1-3-7-11(8-4-1)13-12-9-5-2-6-10-12;;;;/h4*2-13H,1H3;2*1-10H;2*1H;;/q4*-1;;;;;2*+2/p-2. The van der Waals surface area contributed by atoms with Crippen molar-refractivity contribution in [3.63, 3.8) is 0 Å². The molecular weight excluding hydrogens is 1560 g/mol. The van der Waals surface area contributed by atoms with Crippen molar-refractivity contribution in [2.45, 2.75) is 27.7 Å². The van der Waals surface area contributed by atoms with Crippen LogP contribution in [0, 0.1) is 27.7 Å². The zero-order valence-electron chi connectivity index (χ0n) is 62.0. The molecule has 0 nitrogen and oxygen atoms in total. The molecule has 20 aromatic carbocycles. The van der Waals surface area contributed by atoms with E-state index >= 15 is 0 Å². The van der Waals surface area contributed by atoms with Gasteiger partial charge in [-0.15, -0.1) is 138 Å². The molecule has 110 heavy (non-hydrogen) atoms. The van der Waals surface area contributed by atoms with E-state index in [4.69, 9.17) is 0 Å². The number of fused-ring (bicyclic) bond motifs is 8. The molecule has 0 amide bonds. The van der Waals surface area contributed by atoms with Crippen LogP contribution in [0.25, 0.3) is 131 Å². The maximum absolute atomic E-state index is 2.28. The van der Waals surface area contributed by atoms with E-state index < -0.39 is 10.9 Å². The molecule has 0 unspecified atom stereocenters. The van der Waals surface area contributed by atoms with Crippen LogP contribution in [0.3, 0.4) is 0 Å². The van der Waals surface area contributed by atoms with E-state index in [1.54, 1.807) is 46.7 Å². The first-order valence-corrected chi connectivity index (χ1v) is 47.4. The molecule has 0 atom stereocenters. The van der Waals surface area contributed by atoms with Crippen molar-refractivity contribution < 1.29 is 71.5 Å². The molecule has 0 heterocycles. The fourth-order valence-electron chi connectivity index (χ4n) is 15.1. The Morgan fingerprint density at radius 3 is 0.555 bits per heavy atom. The van der Waals surface area contributed by atoms with Crippen molar-refractivity contribution in [3.05, 3.63) is 435 Å². The molecule has 0 aliphatic heterocycles. The van der Waals surface area contributed by atoms with Crippen molar-refractivity contribution in [1.82, 2.24) is 0 Å². The molecule has 20 rings (SSSR count). The molecule has 0 saturated heterocycles. The third-order valence-corrected chi connectivity index (χ3v) is 32.3. The number of benzene rings is 16. The summed E-state index contributed by atoms with van der Waals surface area (Å²) in [5.74, 6) is 0. The topological polar surface area (TPSA) is 0 Å². The van der Waals surface area contributed by atoms with Gasteiger partial charge in [-0.25, -0.2) is 0 Å². The van der Waals surface area contributed by atoms with E-state index in [0.29, 0.717) is 0 Å². The van der Waals surface area contributed by atoms with E-state index in [1.807, 2.05) is 0 Å². The van der Waals surface area contributed by atoms with Crippen LogP contribution in [0.2, 0.25) is 0 Å². The Kier molecular flexibility index (Phi) is 26.2. The Morgan fingerprint density at radius 2 is 0.345 bits per heavy atom. The Bertz CT molecular complexity index is 5710. The number of rotatable bonds is 8. The van der Waals surface area contributed by atoms with Crippen LogP contribution < -0.4 is 45.6 Å². The minimum absolute atomic E-state index is 0. The van der Waals surface area contributed by atoms with Crippen LogP contribution in [-0.2, 0) is 46.7 Å². The van der Waals surface area contributed by atoms with Crippen molar-refractivity contribution in [3.8, 4) is 44.5 Å². The van der Waals surface area contributed by atoms with Gasteiger partial charge in [0.2, 0.25) is 0 Å². The van der Waals surface area contributed by atoms with Gasteiger partial charge in [-0.1, -0.05) is 244 Å². The van der Waals surface area contributed by atoms with Gasteiger partial charge in [0.15, 0.2) is 0 Å². The summed E-state index contributed by atoms with van der Waals surface area (Å²) in [6, 6.07) is 148. The molecule has 0 aliphatic rings. The molecule has 0 N–H and O–H groups in total. The van der Waals surface area contributed by atoms with Gasteiger partial charge in [-0.2, -0.15) is 24.3 Å². The first-order chi connectivity index (χ1) is 53.1. The predicted octanol–water partition coefficient (Wildman–Crippen LogP) is 19.4. The summed E-state index contributed by atoms with van der Waals surface area (Å²) in [5.41, 5.74) is 15.0. The predicted molar refractivity (Wildman–Crippen MR) is 465 cm³/mol. The summed E-state index contributed by atoms with van der Waals surface area (Å²) in [6.07, 6.45) is 0. The quantitative estimate of drug-likeness (QED) is 0.105. The normalized spacial score (nSPS) is 10.7. The molecule has 0 fully saturated rings. The molecule has 0 radical (unpaired) electrons. The Hall–Kier alpha value is -10.2. The molecule has 0 aliphatic carbocycles. The SMILES string of the molecule is Cc1cc2c(-c3cccc4ccccc34)cccc2[cH-]1.Cc1cc2c(-c3cccc4ccccc34)cccc2[cH-]1.Cc1cc2c(-c3cccc4ccccc34)cccc2[cH-]1.Cc1cc2c(-c3cccc4ccccc34)cccc2[cH-]1.[Cl-].[Cl-].[Zr+2]=[Si](c1ccccc1)c1ccccc1.[Zr+2]=[Si](c1ccccc1)c1ccccc1. The molecule has 0 bridgehead atoms. The average molecular weight is 1640 g/mol. The third-order valence-electron chi connectivity index (χ3n) is 20.1. The average Bonchev–Trinajstić information content (AvgIpc) is 1.64. The van der Waals surface area contributed by atoms with Gasteiger partial charge in [-0.3, -0.25) is 0 Å². The zero-order valence-corrected chi connectivity index (χ0v) is 70.4. The van der Waals surface area contributed by atoms with Gasteiger partial charge in [0.1, 0.15) is 0 Å². The Labute approximate surface area is 689 Å². The Balaban J connectivity index is 0.000000116. The van der Waals surface area contributed by atoms with Crippen molar-refractivity contribution in [2.75, 3.05) is 0 Å². The fraction of sp³-hybridized carbons (Fsp3) is 0.0385. The van der Waals surface area contributed by atoms with Crippen molar-refractivity contribution >= 4 is 118 Å². The van der Waals surface area contributed by atoms with Crippen LogP contribution in [-0.4, -0.2) is 10.9 Å². The third kappa shape index (κ3) is 18.0. The fourth-order valence-corrected chi connectivity index (χ4v) is 22.8.